The molecule has 4 fully saturated rings. The molecule has 2 saturated heterocycles. The lowest BCUT2D eigenvalue weighted by Gasteiger charge is -2.41. The molecule has 2 amide bonds. The summed E-state index contributed by atoms with van der Waals surface area (Å²) in [6, 6.07) is 8.13. The molecule has 7 heteroatoms. The minimum Gasteiger partial charge on any atom is -0.393 e. The lowest BCUT2D eigenvalue weighted by molar-refractivity contribution is -0.139. The van der Waals surface area contributed by atoms with Crippen LogP contribution in [0, 0.1) is 22.7 Å². The van der Waals surface area contributed by atoms with Crippen molar-refractivity contribution in [2.24, 2.45) is 11.3 Å². The molecule has 2 N–H and O–H groups in total. The molecule has 7 nitrogen and oxygen atoms in total. The van der Waals surface area contributed by atoms with Gasteiger partial charge in [-0.15, -0.1) is 0 Å². The third kappa shape index (κ3) is 4.21. The van der Waals surface area contributed by atoms with E-state index in [1.54, 1.807) is 6.07 Å². The fraction of sp³-hybridized carbons (Fsp3) is 0.654. The zero-order valence-electron chi connectivity index (χ0n) is 19.3. The maximum absolute atomic E-state index is 13.6. The van der Waals surface area contributed by atoms with Gasteiger partial charge in [0, 0.05) is 37.3 Å². The number of hydrogen-bond donors (Lipinski definition) is 2. The maximum Gasteiger partial charge on any atom is 0.230 e. The Balaban J connectivity index is 1.30. The summed E-state index contributed by atoms with van der Waals surface area (Å²) in [5, 5.41) is 22.6. The van der Waals surface area contributed by atoms with Crippen molar-refractivity contribution in [3.05, 3.63) is 23.8 Å². The molecule has 2 aliphatic heterocycles. The molecular formula is C26H34N4O3. The Morgan fingerprint density at radius 1 is 1.09 bits per heavy atom. The summed E-state index contributed by atoms with van der Waals surface area (Å²) in [4.78, 5) is 30.2. The molecule has 1 atom stereocenters. The molecule has 176 valence electrons. The quantitative estimate of drug-likeness (QED) is 0.733. The number of hydrogen-bond acceptors (Lipinski definition) is 5. The van der Waals surface area contributed by atoms with Crippen LogP contribution < -0.4 is 10.2 Å². The van der Waals surface area contributed by atoms with E-state index in [1.807, 2.05) is 12.1 Å². The maximum atomic E-state index is 13.6. The third-order valence-electron chi connectivity index (χ3n) is 8.43. The summed E-state index contributed by atoms with van der Waals surface area (Å²) >= 11 is 0. The van der Waals surface area contributed by atoms with Gasteiger partial charge in [-0.2, -0.15) is 5.26 Å². The predicted octanol–water partition coefficient (Wildman–Crippen LogP) is 3.42. The second kappa shape index (κ2) is 8.98. The first-order valence-electron chi connectivity index (χ1n) is 12.6. The SMILES string of the molecule is N#Cc1cc(NC(=O)C2CCC2)ccc1N1CCC[C@@]2(CCN(C3CCC(O)CC3)C2=O)C1. The van der Waals surface area contributed by atoms with Crippen molar-refractivity contribution in [3.8, 4) is 6.07 Å². The summed E-state index contributed by atoms with van der Waals surface area (Å²) in [7, 11) is 0. The van der Waals surface area contributed by atoms with E-state index in [2.05, 4.69) is 21.2 Å². The third-order valence-corrected chi connectivity index (χ3v) is 8.43. The number of nitrogens with one attached hydrogen (secondary N) is 1. The van der Waals surface area contributed by atoms with Crippen molar-refractivity contribution in [1.82, 2.24) is 4.90 Å². The van der Waals surface area contributed by atoms with Gasteiger partial charge in [-0.05, 0) is 76.0 Å². The van der Waals surface area contributed by atoms with Crippen molar-refractivity contribution in [1.29, 1.82) is 5.26 Å². The Morgan fingerprint density at radius 2 is 1.88 bits per heavy atom. The zero-order valence-corrected chi connectivity index (χ0v) is 19.3. The van der Waals surface area contributed by atoms with Crippen LogP contribution in [0.25, 0.3) is 0 Å². The second-order valence-electron chi connectivity index (χ2n) is 10.5. The predicted molar refractivity (Wildman–Crippen MR) is 126 cm³/mol. The van der Waals surface area contributed by atoms with Crippen molar-refractivity contribution >= 4 is 23.2 Å². The highest BCUT2D eigenvalue weighted by Crippen LogP contribution is 2.44. The van der Waals surface area contributed by atoms with E-state index in [1.165, 1.54) is 0 Å². The number of aliphatic hydroxyl groups excluding tert-OH is 1. The van der Waals surface area contributed by atoms with Crippen LogP contribution in [0.3, 0.4) is 0 Å². The summed E-state index contributed by atoms with van der Waals surface area (Å²) in [5.41, 5.74) is 1.69. The largest absolute Gasteiger partial charge is 0.393 e. The van der Waals surface area contributed by atoms with Crippen LogP contribution in [-0.2, 0) is 9.59 Å². The van der Waals surface area contributed by atoms with Crippen molar-refractivity contribution in [3.63, 3.8) is 0 Å². The van der Waals surface area contributed by atoms with Gasteiger partial charge in [0.1, 0.15) is 6.07 Å². The fourth-order valence-electron chi connectivity index (χ4n) is 6.18. The Kier molecular flexibility index (Phi) is 6.05. The number of carbonyl (C=O) groups is 2. The van der Waals surface area contributed by atoms with Crippen LogP contribution in [0.5, 0.6) is 0 Å². The standard InChI is InChI=1S/C26H34N4O3/c27-16-19-15-20(28-24(32)18-3-1-4-18)5-10-23(19)29-13-2-11-26(17-29)12-14-30(25(26)33)21-6-8-22(31)9-7-21/h5,10,15,18,21-22,31H,1-4,6-9,11-14,17H2,(H,28,32)/t21?,22?,26-/m1/s1. The molecule has 5 rings (SSSR count). The molecule has 1 aromatic rings. The van der Waals surface area contributed by atoms with Crippen LogP contribution in [0.15, 0.2) is 18.2 Å². The number of aliphatic hydroxyl groups is 1. The van der Waals surface area contributed by atoms with Crippen molar-refractivity contribution in [2.75, 3.05) is 29.9 Å². The molecule has 0 radical (unpaired) electrons. The summed E-state index contributed by atoms with van der Waals surface area (Å²) in [5.74, 6) is 0.402. The normalized spacial score (nSPS) is 30.2. The lowest BCUT2D eigenvalue weighted by Crippen LogP contribution is -2.50. The van der Waals surface area contributed by atoms with Gasteiger partial charge in [0.25, 0.3) is 0 Å². The molecule has 2 heterocycles. The fourth-order valence-corrected chi connectivity index (χ4v) is 6.18. The smallest absolute Gasteiger partial charge is 0.230 e. The molecular weight excluding hydrogens is 416 g/mol. The van der Waals surface area contributed by atoms with E-state index in [9.17, 15) is 20.0 Å². The highest BCUT2D eigenvalue weighted by Gasteiger charge is 2.50. The van der Waals surface area contributed by atoms with Gasteiger partial charge in [-0.25, -0.2) is 0 Å². The highest BCUT2D eigenvalue weighted by molar-refractivity contribution is 5.93. The molecule has 2 aliphatic carbocycles. The lowest BCUT2D eigenvalue weighted by atomic mass is 9.78. The van der Waals surface area contributed by atoms with E-state index in [-0.39, 0.29) is 35.3 Å². The number of anilines is 2. The average Bonchev–Trinajstić information content (AvgIpc) is 3.08. The molecule has 0 aromatic heterocycles. The first kappa shape index (κ1) is 22.2. The topological polar surface area (TPSA) is 96.7 Å². The molecule has 4 aliphatic rings. The van der Waals surface area contributed by atoms with E-state index in [4.69, 9.17) is 0 Å². The van der Waals surface area contributed by atoms with E-state index in [0.29, 0.717) is 17.8 Å². The summed E-state index contributed by atoms with van der Waals surface area (Å²) in [6.07, 6.45) is 8.79. The number of nitriles is 1. The van der Waals surface area contributed by atoms with E-state index < -0.39 is 0 Å². The zero-order chi connectivity index (χ0) is 23.0. The number of amides is 2. The number of carbonyl (C=O) groups excluding carboxylic acids is 2. The van der Waals surface area contributed by atoms with Gasteiger partial charge in [0.05, 0.1) is 22.8 Å². The summed E-state index contributed by atoms with van der Waals surface area (Å²) < 4.78 is 0. The van der Waals surface area contributed by atoms with Crippen molar-refractivity contribution < 1.29 is 14.7 Å². The van der Waals surface area contributed by atoms with Crippen LogP contribution in [0.4, 0.5) is 11.4 Å². The van der Waals surface area contributed by atoms with Gasteiger partial charge < -0.3 is 20.2 Å². The van der Waals surface area contributed by atoms with Gasteiger partial charge >= 0.3 is 0 Å². The Hall–Kier alpha value is -2.59. The van der Waals surface area contributed by atoms with Crippen LogP contribution >= 0.6 is 0 Å². The monoisotopic (exact) mass is 450 g/mol. The number of piperidine rings is 1. The van der Waals surface area contributed by atoms with E-state index in [0.717, 1.165) is 83.0 Å². The van der Waals surface area contributed by atoms with Crippen molar-refractivity contribution in [2.45, 2.75) is 76.4 Å². The van der Waals surface area contributed by atoms with Crippen LogP contribution in [0.2, 0.25) is 0 Å². The second-order valence-corrected chi connectivity index (χ2v) is 10.5. The molecule has 0 bridgehead atoms. The Morgan fingerprint density at radius 3 is 2.58 bits per heavy atom. The minimum absolute atomic E-state index is 0.0432. The molecule has 1 aromatic carbocycles. The van der Waals surface area contributed by atoms with Gasteiger partial charge in [0.2, 0.25) is 11.8 Å². The van der Waals surface area contributed by atoms with Gasteiger partial charge in [0.15, 0.2) is 0 Å². The molecule has 2 saturated carbocycles. The average molecular weight is 451 g/mol. The highest BCUT2D eigenvalue weighted by atomic mass is 16.3. The van der Waals surface area contributed by atoms with Gasteiger partial charge in [-0.3, -0.25) is 9.59 Å². The van der Waals surface area contributed by atoms with E-state index >= 15 is 0 Å². The Labute approximate surface area is 195 Å². The molecule has 0 unspecified atom stereocenters. The van der Waals surface area contributed by atoms with Crippen LogP contribution in [0.1, 0.15) is 69.8 Å². The first-order valence-corrected chi connectivity index (χ1v) is 12.6. The first-order chi connectivity index (χ1) is 16.0. The van der Waals surface area contributed by atoms with Gasteiger partial charge in [-0.1, -0.05) is 6.42 Å². The van der Waals surface area contributed by atoms with Crippen LogP contribution in [-0.4, -0.2) is 53.6 Å². The molecule has 33 heavy (non-hydrogen) atoms. The minimum atomic E-state index is -0.377. The molecule has 1 spiro atoms. The number of benzene rings is 1. The number of nitrogens with zero attached hydrogens (tertiary/aromatic N) is 3. The number of rotatable bonds is 4. The Bertz CT molecular complexity index is 961. The number of likely N-dealkylation sites (tertiary alicyclic amines) is 1. The summed E-state index contributed by atoms with van der Waals surface area (Å²) in [6.45, 7) is 2.26.